The van der Waals surface area contributed by atoms with Crippen LogP contribution in [-0.4, -0.2) is 5.54 Å². The highest BCUT2D eigenvalue weighted by Gasteiger charge is 2.54. The minimum absolute atomic E-state index is 0.0174. The van der Waals surface area contributed by atoms with Gasteiger partial charge in [0.15, 0.2) is 0 Å². The van der Waals surface area contributed by atoms with Crippen molar-refractivity contribution in [3.63, 3.8) is 0 Å². The van der Waals surface area contributed by atoms with Crippen LogP contribution < -0.4 is 5.73 Å². The Kier molecular flexibility index (Phi) is 1.59. The summed E-state index contributed by atoms with van der Waals surface area (Å²) >= 11 is 0. The fourth-order valence-corrected chi connectivity index (χ4v) is 4.87. The maximum atomic E-state index is 8.57. The van der Waals surface area contributed by atoms with Crippen molar-refractivity contribution in [1.82, 2.24) is 5.73 Å². The van der Waals surface area contributed by atoms with Gasteiger partial charge in [-0.2, -0.15) is 0 Å². The average molecular weight is 178 g/mol. The molecule has 13 heavy (non-hydrogen) atoms. The molecule has 4 aliphatic rings. The van der Waals surface area contributed by atoms with Crippen molar-refractivity contribution in [3.05, 3.63) is 0 Å². The van der Waals surface area contributed by atoms with E-state index in [-0.39, 0.29) is 5.54 Å². The summed E-state index contributed by atoms with van der Waals surface area (Å²) in [7, 11) is 0. The van der Waals surface area contributed by atoms with Gasteiger partial charge in [0.05, 0.1) is 0 Å². The minimum Gasteiger partial charge on any atom is -0.251 e. The molecule has 0 aromatic rings. The van der Waals surface area contributed by atoms with Crippen LogP contribution in [0.3, 0.4) is 0 Å². The van der Waals surface area contributed by atoms with Gasteiger partial charge in [0.2, 0.25) is 0 Å². The Hall–Kier alpha value is -0.0400. The molecule has 4 aliphatic carbocycles. The molecule has 0 heterocycles. The number of nitrogens with one attached hydrogen (secondary N) is 1. The molecular formula is C12H20N. The molecule has 0 amide bonds. The van der Waals surface area contributed by atoms with Crippen molar-refractivity contribution < 1.29 is 0 Å². The molecule has 3 unspecified atom stereocenters. The molecule has 0 spiro atoms. The Morgan fingerprint density at radius 2 is 1.77 bits per heavy atom. The quantitative estimate of drug-likeness (QED) is 0.589. The third-order valence-corrected chi connectivity index (χ3v) is 4.96. The van der Waals surface area contributed by atoms with Crippen molar-refractivity contribution in [2.45, 2.75) is 51.0 Å². The van der Waals surface area contributed by atoms with Crippen molar-refractivity contribution in [3.8, 4) is 0 Å². The van der Waals surface area contributed by atoms with Gasteiger partial charge in [-0.15, -0.1) is 0 Å². The standard InChI is InChI=1S/C12H20N/c1-2-11-10-4-8-3-9(5-10)7-12(11,13)6-8/h8-11,13H,2-7H2,1H3. The van der Waals surface area contributed by atoms with Crippen LogP contribution in [0.5, 0.6) is 0 Å². The van der Waals surface area contributed by atoms with Crippen LogP contribution in [0.1, 0.15) is 45.4 Å². The van der Waals surface area contributed by atoms with E-state index in [9.17, 15) is 0 Å². The first-order valence-electron chi connectivity index (χ1n) is 5.96. The maximum Gasteiger partial charge on any atom is 0.0359 e. The largest absolute Gasteiger partial charge is 0.251 e. The summed E-state index contributed by atoms with van der Waals surface area (Å²) in [6, 6.07) is 0. The van der Waals surface area contributed by atoms with Gasteiger partial charge in [-0.05, 0) is 55.8 Å². The molecule has 1 N–H and O–H groups in total. The van der Waals surface area contributed by atoms with Gasteiger partial charge >= 0.3 is 0 Å². The summed E-state index contributed by atoms with van der Waals surface area (Å²) in [6.07, 6.45) is 8.13. The minimum atomic E-state index is 0.0174. The van der Waals surface area contributed by atoms with Gasteiger partial charge in [-0.3, -0.25) is 5.73 Å². The molecule has 3 atom stereocenters. The van der Waals surface area contributed by atoms with Crippen LogP contribution in [0, 0.1) is 23.7 Å². The molecule has 1 nitrogen and oxygen atoms in total. The third-order valence-electron chi connectivity index (χ3n) is 4.96. The van der Waals surface area contributed by atoms with Crippen molar-refractivity contribution in [2.24, 2.45) is 23.7 Å². The Morgan fingerprint density at radius 1 is 1.15 bits per heavy atom. The van der Waals surface area contributed by atoms with E-state index in [1.165, 1.54) is 38.5 Å². The second-order valence-electron chi connectivity index (χ2n) is 5.78. The van der Waals surface area contributed by atoms with Crippen LogP contribution >= 0.6 is 0 Å². The Balaban J connectivity index is 1.93. The smallest absolute Gasteiger partial charge is 0.0359 e. The zero-order valence-corrected chi connectivity index (χ0v) is 8.55. The molecule has 0 saturated heterocycles. The summed E-state index contributed by atoms with van der Waals surface area (Å²) in [6.45, 7) is 2.29. The van der Waals surface area contributed by atoms with E-state index in [0.29, 0.717) is 0 Å². The van der Waals surface area contributed by atoms with E-state index in [1.807, 2.05) is 0 Å². The molecule has 4 saturated carbocycles. The average Bonchev–Trinajstić information content (AvgIpc) is 2.00. The number of hydrogen-bond donors (Lipinski definition) is 0. The predicted octanol–water partition coefficient (Wildman–Crippen LogP) is 2.87. The van der Waals surface area contributed by atoms with Crippen LogP contribution in [0.25, 0.3) is 0 Å². The summed E-state index contributed by atoms with van der Waals surface area (Å²) in [5, 5.41) is 0. The van der Waals surface area contributed by atoms with Crippen molar-refractivity contribution in [2.75, 3.05) is 0 Å². The Bertz CT molecular complexity index is 209. The molecular weight excluding hydrogens is 158 g/mol. The first-order chi connectivity index (χ1) is 6.21. The Labute approximate surface area is 81.1 Å². The van der Waals surface area contributed by atoms with Crippen molar-refractivity contribution >= 4 is 0 Å². The van der Waals surface area contributed by atoms with E-state index in [1.54, 1.807) is 0 Å². The van der Waals surface area contributed by atoms with Crippen LogP contribution in [0.2, 0.25) is 0 Å². The van der Waals surface area contributed by atoms with Crippen LogP contribution in [0.4, 0.5) is 0 Å². The zero-order chi connectivity index (χ0) is 9.05. The second kappa shape index (κ2) is 2.50. The van der Waals surface area contributed by atoms with Crippen LogP contribution in [0.15, 0.2) is 0 Å². The van der Waals surface area contributed by atoms with E-state index in [4.69, 9.17) is 5.73 Å². The lowest BCUT2D eigenvalue weighted by Gasteiger charge is -2.59. The summed E-state index contributed by atoms with van der Waals surface area (Å²) < 4.78 is 0. The first kappa shape index (κ1) is 8.28. The fourth-order valence-electron chi connectivity index (χ4n) is 4.87. The molecule has 1 heteroatoms. The van der Waals surface area contributed by atoms with E-state index >= 15 is 0 Å². The van der Waals surface area contributed by atoms with Gasteiger partial charge in [-0.25, -0.2) is 0 Å². The maximum absolute atomic E-state index is 8.57. The molecule has 4 bridgehead atoms. The molecule has 1 radical (unpaired) electrons. The summed E-state index contributed by atoms with van der Waals surface area (Å²) in [4.78, 5) is 0. The summed E-state index contributed by atoms with van der Waals surface area (Å²) in [5.41, 5.74) is 8.59. The van der Waals surface area contributed by atoms with Gasteiger partial charge in [0, 0.05) is 5.54 Å². The molecule has 0 aromatic carbocycles. The highest BCUT2D eigenvalue weighted by atomic mass is 14.8. The van der Waals surface area contributed by atoms with Gasteiger partial charge < -0.3 is 0 Å². The van der Waals surface area contributed by atoms with E-state index in [2.05, 4.69) is 6.92 Å². The second-order valence-corrected chi connectivity index (χ2v) is 5.78. The highest BCUT2D eigenvalue weighted by molar-refractivity contribution is 5.08. The number of rotatable bonds is 1. The summed E-state index contributed by atoms with van der Waals surface area (Å²) in [5.74, 6) is 3.57. The lowest BCUT2D eigenvalue weighted by molar-refractivity contribution is -0.0602. The topological polar surface area (TPSA) is 23.8 Å². The lowest BCUT2D eigenvalue weighted by Crippen LogP contribution is -2.57. The normalized spacial score (nSPS) is 58.6. The van der Waals surface area contributed by atoms with E-state index in [0.717, 1.165) is 23.7 Å². The lowest BCUT2D eigenvalue weighted by atomic mass is 9.48. The molecule has 0 aliphatic heterocycles. The zero-order valence-electron chi connectivity index (χ0n) is 8.55. The first-order valence-corrected chi connectivity index (χ1v) is 5.96. The van der Waals surface area contributed by atoms with Gasteiger partial charge in [0.1, 0.15) is 0 Å². The SMILES string of the molecule is CCC1C2CC3CC(C2)CC1([NH])C3. The van der Waals surface area contributed by atoms with Gasteiger partial charge in [-0.1, -0.05) is 13.3 Å². The van der Waals surface area contributed by atoms with Crippen LogP contribution in [-0.2, 0) is 0 Å². The fraction of sp³-hybridized carbons (Fsp3) is 1.00. The highest BCUT2D eigenvalue weighted by Crippen LogP contribution is 2.58. The van der Waals surface area contributed by atoms with E-state index < -0.39 is 0 Å². The number of hydrogen-bond acceptors (Lipinski definition) is 0. The molecule has 4 rings (SSSR count). The molecule has 73 valence electrons. The Morgan fingerprint density at radius 3 is 2.23 bits per heavy atom. The molecule has 0 aromatic heterocycles. The molecule has 4 fully saturated rings. The van der Waals surface area contributed by atoms with Gasteiger partial charge in [0.25, 0.3) is 0 Å². The van der Waals surface area contributed by atoms with Crippen molar-refractivity contribution in [1.29, 1.82) is 0 Å². The predicted molar refractivity (Wildman–Crippen MR) is 53.2 cm³/mol. The monoisotopic (exact) mass is 178 g/mol. The third kappa shape index (κ3) is 1.03.